The molecule has 0 atom stereocenters. The number of hydrogen-bond acceptors (Lipinski definition) is 5. The fourth-order valence-corrected chi connectivity index (χ4v) is 3.10. The average molecular weight is 308 g/mol. The second-order valence-corrected chi connectivity index (χ2v) is 5.97. The monoisotopic (exact) mass is 308 g/mol. The van der Waals surface area contributed by atoms with Gasteiger partial charge in [0, 0.05) is 6.04 Å². The molecule has 1 fully saturated rings. The number of rotatable bonds is 3. The first-order valence-electron chi connectivity index (χ1n) is 8.05. The highest BCUT2D eigenvalue weighted by molar-refractivity contribution is 5.87. The third kappa shape index (κ3) is 2.66. The fourth-order valence-electron chi connectivity index (χ4n) is 3.10. The molecule has 0 saturated carbocycles. The van der Waals surface area contributed by atoms with E-state index in [0.717, 1.165) is 48.5 Å². The van der Waals surface area contributed by atoms with Crippen molar-refractivity contribution < 1.29 is 0 Å². The predicted molar refractivity (Wildman–Crippen MR) is 90.9 cm³/mol. The summed E-state index contributed by atoms with van der Waals surface area (Å²) in [6, 6.07) is 8.65. The number of aryl methyl sites for hydroxylation is 1. The molecular formula is C17H20N6. The van der Waals surface area contributed by atoms with E-state index < -0.39 is 0 Å². The molecule has 0 spiro atoms. The smallest absolute Gasteiger partial charge is 0.168 e. The zero-order valence-corrected chi connectivity index (χ0v) is 13.2. The van der Waals surface area contributed by atoms with Crippen LogP contribution < -0.4 is 10.6 Å². The number of anilines is 1. The van der Waals surface area contributed by atoms with Crippen molar-refractivity contribution in [2.45, 2.75) is 25.8 Å². The summed E-state index contributed by atoms with van der Waals surface area (Å²) in [6.07, 6.45) is 5.68. The Kier molecular flexibility index (Phi) is 3.67. The second kappa shape index (κ2) is 5.96. The van der Waals surface area contributed by atoms with E-state index in [1.807, 2.05) is 23.0 Å². The predicted octanol–water partition coefficient (Wildman–Crippen LogP) is 2.29. The summed E-state index contributed by atoms with van der Waals surface area (Å²) in [4.78, 5) is 8.88. The van der Waals surface area contributed by atoms with E-state index in [1.165, 1.54) is 5.56 Å². The summed E-state index contributed by atoms with van der Waals surface area (Å²) in [5.74, 6) is 0.877. The van der Waals surface area contributed by atoms with Crippen LogP contribution >= 0.6 is 0 Å². The van der Waals surface area contributed by atoms with Crippen LogP contribution in [-0.4, -0.2) is 38.9 Å². The van der Waals surface area contributed by atoms with Crippen LogP contribution in [0.25, 0.3) is 16.7 Å². The minimum absolute atomic E-state index is 0.455. The maximum atomic E-state index is 4.54. The van der Waals surface area contributed by atoms with E-state index in [-0.39, 0.29) is 0 Å². The minimum atomic E-state index is 0.455. The summed E-state index contributed by atoms with van der Waals surface area (Å²) in [5.41, 5.74) is 3.06. The van der Waals surface area contributed by atoms with Crippen LogP contribution in [0.5, 0.6) is 0 Å². The van der Waals surface area contributed by atoms with E-state index in [0.29, 0.717) is 6.04 Å². The molecule has 1 saturated heterocycles. The van der Waals surface area contributed by atoms with Gasteiger partial charge in [0.15, 0.2) is 5.65 Å². The van der Waals surface area contributed by atoms with Crippen molar-refractivity contribution in [1.82, 2.24) is 25.1 Å². The highest BCUT2D eigenvalue weighted by Gasteiger charge is 2.17. The molecule has 3 aromatic rings. The van der Waals surface area contributed by atoms with Gasteiger partial charge in [-0.05, 0) is 44.5 Å². The first kappa shape index (κ1) is 14.1. The van der Waals surface area contributed by atoms with Crippen LogP contribution in [0.1, 0.15) is 18.4 Å². The highest BCUT2D eigenvalue weighted by Crippen LogP contribution is 2.24. The van der Waals surface area contributed by atoms with Gasteiger partial charge in [0.2, 0.25) is 0 Å². The first-order chi connectivity index (χ1) is 11.3. The fraction of sp³-hybridized carbons (Fsp3) is 0.353. The van der Waals surface area contributed by atoms with Crippen molar-refractivity contribution in [3.8, 4) is 5.69 Å². The van der Waals surface area contributed by atoms with Crippen LogP contribution in [0.4, 0.5) is 5.82 Å². The number of nitrogens with zero attached hydrogens (tertiary/aromatic N) is 4. The van der Waals surface area contributed by atoms with Crippen molar-refractivity contribution in [2.75, 3.05) is 18.4 Å². The van der Waals surface area contributed by atoms with E-state index in [9.17, 15) is 0 Å². The Bertz CT molecular complexity index is 819. The molecule has 0 aliphatic carbocycles. The maximum absolute atomic E-state index is 4.54. The average Bonchev–Trinajstić information content (AvgIpc) is 3.01. The van der Waals surface area contributed by atoms with E-state index in [1.54, 1.807) is 6.33 Å². The Morgan fingerprint density at radius 2 is 2.00 bits per heavy atom. The molecule has 0 bridgehead atoms. The standard InChI is InChI=1S/C17H20N6/c1-12-4-2-3-5-15(12)23-17-14(10-21-23)16(19-11-20-17)22-13-6-8-18-9-7-13/h2-5,10-11,13,18H,6-9H2,1H3,(H,19,20,22). The van der Waals surface area contributed by atoms with Gasteiger partial charge in [0.25, 0.3) is 0 Å². The van der Waals surface area contributed by atoms with Gasteiger partial charge in [-0.1, -0.05) is 18.2 Å². The lowest BCUT2D eigenvalue weighted by atomic mass is 10.1. The van der Waals surface area contributed by atoms with Gasteiger partial charge in [-0.15, -0.1) is 0 Å². The van der Waals surface area contributed by atoms with Crippen LogP contribution in [0.15, 0.2) is 36.8 Å². The normalized spacial score (nSPS) is 15.9. The van der Waals surface area contributed by atoms with Crippen molar-refractivity contribution in [2.24, 2.45) is 0 Å². The molecule has 0 radical (unpaired) electrons. The quantitative estimate of drug-likeness (QED) is 0.777. The first-order valence-corrected chi connectivity index (χ1v) is 8.05. The van der Waals surface area contributed by atoms with Crippen molar-refractivity contribution in [3.63, 3.8) is 0 Å². The maximum Gasteiger partial charge on any atom is 0.168 e. The molecule has 2 N–H and O–H groups in total. The van der Waals surface area contributed by atoms with Crippen molar-refractivity contribution >= 4 is 16.9 Å². The van der Waals surface area contributed by atoms with E-state index in [2.05, 4.69) is 44.8 Å². The summed E-state index contributed by atoms with van der Waals surface area (Å²) >= 11 is 0. The molecular weight excluding hydrogens is 288 g/mol. The second-order valence-electron chi connectivity index (χ2n) is 5.97. The molecule has 118 valence electrons. The Morgan fingerprint density at radius 1 is 1.17 bits per heavy atom. The van der Waals surface area contributed by atoms with Crippen LogP contribution in [-0.2, 0) is 0 Å². The number of aromatic nitrogens is 4. The molecule has 6 heteroatoms. The van der Waals surface area contributed by atoms with Gasteiger partial charge in [0.05, 0.1) is 17.3 Å². The van der Waals surface area contributed by atoms with Crippen LogP contribution in [0.2, 0.25) is 0 Å². The number of benzene rings is 1. The van der Waals surface area contributed by atoms with Gasteiger partial charge in [-0.3, -0.25) is 0 Å². The molecule has 23 heavy (non-hydrogen) atoms. The molecule has 1 aliphatic heterocycles. The Morgan fingerprint density at radius 3 is 2.83 bits per heavy atom. The van der Waals surface area contributed by atoms with Crippen LogP contribution in [0, 0.1) is 6.92 Å². The summed E-state index contributed by atoms with van der Waals surface area (Å²) < 4.78 is 1.89. The van der Waals surface area contributed by atoms with Gasteiger partial charge < -0.3 is 10.6 Å². The van der Waals surface area contributed by atoms with Gasteiger partial charge in [-0.25, -0.2) is 14.6 Å². The molecule has 2 aromatic heterocycles. The summed E-state index contributed by atoms with van der Waals surface area (Å²) in [5, 5.41) is 12.4. The molecule has 1 aromatic carbocycles. The Hall–Kier alpha value is -2.47. The minimum Gasteiger partial charge on any atom is -0.367 e. The Labute approximate surface area is 135 Å². The lowest BCUT2D eigenvalue weighted by Crippen LogP contribution is -2.35. The number of hydrogen-bond donors (Lipinski definition) is 2. The lowest BCUT2D eigenvalue weighted by Gasteiger charge is -2.24. The number of fused-ring (bicyclic) bond motifs is 1. The molecule has 0 amide bonds. The van der Waals surface area contributed by atoms with Gasteiger partial charge in [-0.2, -0.15) is 5.10 Å². The van der Waals surface area contributed by atoms with Crippen LogP contribution in [0.3, 0.4) is 0 Å². The number of para-hydroxylation sites is 1. The third-order valence-electron chi connectivity index (χ3n) is 4.39. The van der Waals surface area contributed by atoms with E-state index >= 15 is 0 Å². The lowest BCUT2D eigenvalue weighted by molar-refractivity contribution is 0.478. The van der Waals surface area contributed by atoms with Gasteiger partial charge >= 0.3 is 0 Å². The molecule has 0 unspecified atom stereocenters. The SMILES string of the molecule is Cc1ccccc1-n1ncc2c(NC3CCNCC3)ncnc21. The summed E-state index contributed by atoms with van der Waals surface area (Å²) in [7, 11) is 0. The van der Waals surface area contributed by atoms with E-state index in [4.69, 9.17) is 0 Å². The molecule has 6 nitrogen and oxygen atoms in total. The largest absolute Gasteiger partial charge is 0.367 e. The summed E-state index contributed by atoms with van der Waals surface area (Å²) in [6.45, 7) is 4.18. The zero-order valence-electron chi connectivity index (χ0n) is 13.2. The molecule has 1 aliphatic rings. The zero-order chi connectivity index (χ0) is 15.6. The Balaban J connectivity index is 1.73. The number of nitrogens with one attached hydrogen (secondary N) is 2. The topological polar surface area (TPSA) is 67.7 Å². The highest BCUT2D eigenvalue weighted by atomic mass is 15.3. The number of piperidine rings is 1. The molecule has 3 heterocycles. The van der Waals surface area contributed by atoms with Crippen molar-refractivity contribution in [3.05, 3.63) is 42.4 Å². The third-order valence-corrected chi connectivity index (χ3v) is 4.39. The van der Waals surface area contributed by atoms with Crippen molar-refractivity contribution in [1.29, 1.82) is 0 Å². The van der Waals surface area contributed by atoms with Gasteiger partial charge in [0.1, 0.15) is 12.1 Å². The molecule has 4 rings (SSSR count).